The highest BCUT2D eigenvalue weighted by molar-refractivity contribution is 9.18. The molecule has 84 valence electrons. The fourth-order valence-corrected chi connectivity index (χ4v) is 2.56. The normalized spacial score (nSPS) is 19.6. The molecule has 1 atom stereocenters. The van der Waals surface area contributed by atoms with Gasteiger partial charge in [0.2, 0.25) is 0 Å². The average Bonchev–Trinajstić information content (AvgIpc) is 2.56. The van der Waals surface area contributed by atoms with Gasteiger partial charge in [-0.05, 0) is 59.5 Å². The summed E-state index contributed by atoms with van der Waals surface area (Å²) in [5, 5.41) is 0.741. The van der Waals surface area contributed by atoms with Crippen molar-refractivity contribution in [2.75, 3.05) is 0 Å². The lowest BCUT2D eigenvalue weighted by Crippen LogP contribution is -2.05. The first-order valence-corrected chi connectivity index (χ1v) is 6.35. The van der Waals surface area contributed by atoms with Crippen molar-refractivity contribution >= 4 is 32.2 Å². The minimum absolute atomic E-state index is 0.271. The molecule has 4 heteroatoms. The molecule has 2 rings (SSSR count). The zero-order valence-corrected chi connectivity index (χ0v) is 11.3. The Morgan fingerprint density at radius 1 is 1.50 bits per heavy atom. The van der Waals surface area contributed by atoms with Crippen LogP contribution in [-0.4, -0.2) is 15.6 Å². The molecule has 0 amide bonds. The van der Waals surface area contributed by atoms with Crippen LogP contribution in [0.15, 0.2) is 35.0 Å². The smallest absolute Gasteiger partial charge is 0.101 e. The Hall–Kier alpha value is -0.670. The lowest BCUT2D eigenvalue weighted by atomic mass is 10.0. The van der Waals surface area contributed by atoms with Crippen molar-refractivity contribution in [1.29, 1.82) is 0 Å². The fourth-order valence-electron chi connectivity index (χ4n) is 1.74. The molecule has 0 radical (unpaired) electrons. The monoisotopic (exact) mass is 298 g/mol. The molecule has 0 aliphatic carbocycles. The predicted octanol–water partition coefficient (Wildman–Crippen LogP) is 3.79. The quantitative estimate of drug-likeness (QED) is 0.833. The molecule has 0 saturated heterocycles. The molecule has 0 N–H and O–H groups in total. The third kappa shape index (κ3) is 2.71. The van der Waals surface area contributed by atoms with Crippen LogP contribution in [0.1, 0.15) is 19.0 Å². The molecule has 0 saturated carbocycles. The van der Waals surface area contributed by atoms with E-state index in [9.17, 15) is 0 Å². The van der Waals surface area contributed by atoms with Crippen molar-refractivity contribution < 1.29 is 0 Å². The van der Waals surface area contributed by atoms with Gasteiger partial charge in [0, 0.05) is 6.20 Å². The third-order valence-electron chi connectivity index (χ3n) is 2.64. The number of rotatable bonds is 3. The van der Waals surface area contributed by atoms with E-state index in [1.165, 1.54) is 5.57 Å². The van der Waals surface area contributed by atoms with E-state index in [0.29, 0.717) is 0 Å². The lowest BCUT2D eigenvalue weighted by molar-refractivity contribution is 0.692. The summed E-state index contributed by atoms with van der Waals surface area (Å²) in [4.78, 5) is 8.76. The maximum Gasteiger partial charge on any atom is 0.101 e. The Kier molecular flexibility index (Phi) is 3.77. The molecule has 2 heterocycles. The Bertz CT molecular complexity index is 454. The zero-order valence-electron chi connectivity index (χ0n) is 8.95. The van der Waals surface area contributed by atoms with Crippen LogP contribution in [0.2, 0.25) is 5.02 Å². The number of hydrogen-bond donors (Lipinski definition) is 0. The van der Waals surface area contributed by atoms with Gasteiger partial charge in [-0.3, -0.25) is 9.98 Å². The molecule has 0 aromatic carbocycles. The van der Waals surface area contributed by atoms with Crippen molar-refractivity contribution in [2.24, 2.45) is 4.99 Å². The van der Waals surface area contributed by atoms with E-state index >= 15 is 0 Å². The number of halogens is 2. The summed E-state index contributed by atoms with van der Waals surface area (Å²) in [6.45, 7) is 2.10. The number of hydrogen-bond acceptors (Lipinski definition) is 2. The van der Waals surface area contributed by atoms with Crippen molar-refractivity contribution in [2.45, 2.75) is 25.8 Å². The summed E-state index contributed by atoms with van der Waals surface area (Å²) in [6, 6.07) is 3.99. The Morgan fingerprint density at radius 2 is 2.31 bits per heavy atom. The molecular weight excluding hydrogens is 288 g/mol. The zero-order chi connectivity index (χ0) is 11.5. The molecule has 1 aromatic heterocycles. The van der Waals surface area contributed by atoms with Crippen molar-refractivity contribution in [1.82, 2.24) is 4.98 Å². The molecule has 2 nitrogen and oxygen atoms in total. The van der Waals surface area contributed by atoms with E-state index in [1.54, 1.807) is 6.20 Å². The van der Waals surface area contributed by atoms with Crippen molar-refractivity contribution in [3.63, 3.8) is 0 Å². The Labute approximate surface area is 109 Å². The Balaban J connectivity index is 1.99. The molecule has 0 bridgehead atoms. The van der Waals surface area contributed by atoms with Gasteiger partial charge in [-0.1, -0.05) is 11.6 Å². The SMILES string of the molecule is CC1=CC(Br)=NC1CCc1ncccc1Cl. The van der Waals surface area contributed by atoms with Crippen LogP contribution in [0.5, 0.6) is 0 Å². The molecular formula is C12H12BrClN2. The largest absolute Gasteiger partial charge is 0.270 e. The van der Waals surface area contributed by atoms with Gasteiger partial charge in [0.15, 0.2) is 0 Å². The predicted molar refractivity (Wildman–Crippen MR) is 71.5 cm³/mol. The van der Waals surface area contributed by atoms with Gasteiger partial charge >= 0.3 is 0 Å². The van der Waals surface area contributed by atoms with E-state index in [-0.39, 0.29) is 6.04 Å². The number of aliphatic imine (C=N–C) groups is 1. The summed E-state index contributed by atoms with van der Waals surface area (Å²) in [5.41, 5.74) is 2.24. The summed E-state index contributed by atoms with van der Waals surface area (Å²) in [6.07, 6.45) is 5.65. The van der Waals surface area contributed by atoms with Crippen LogP contribution in [0.25, 0.3) is 0 Å². The second-order valence-corrected chi connectivity index (χ2v) is 5.05. The standard InChI is InChI=1S/C12H12BrClN2/c1-8-7-12(13)16-10(8)4-5-11-9(14)3-2-6-15-11/h2-3,6-7,10H,4-5H2,1H3. The summed E-state index contributed by atoms with van der Waals surface area (Å²) in [5.74, 6) is 0. The van der Waals surface area contributed by atoms with E-state index in [4.69, 9.17) is 11.6 Å². The minimum Gasteiger partial charge on any atom is -0.270 e. The molecule has 16 heavy (non-hydrogen) atoms. The third-order valence-corrected chi connectivity index (χ3v) is 3.42. The second kappa shape index (κ2) is 5.11. The van der Waals surface area contributed by atoms with Crippen LogP contribution in [-0.2, 0) is 6.42 Å². The highest BCUT2D eigenvalue weighted by Crippen LogP contribution is 2.22. The summed E-state index contributed by atoms with van der Waals surface area (Å²) < 4.78 is 0.933. The van der Waals surface area contributed by atoms with Crippen LogP contribution >= 0.6 is 27.5 Å². The van der Waals surface area contributed by atoms with Gasteiger partial charge in [0.05, 0.1) is 16.8 Å². The van der Waals surface area contributed by atoms with E-state index in [1.807, 2.05) is 12.1 Å². The summed E-state index contributed by atoms with van der Waals surface area (Å²) in [7, 11) is 0. The first-order chi connectivity index (χ1) is 7.66. The van der Waals surface area contributed by atoms with Gasteiger partial charge in [-0.25, -0.2) is 0 Å². The topological polar surface area (TPSA) is 25.2 Å². The highest BCUT2D eigenvalue weighted by atomic mass is 79.9. The average molecular weight is 300 g/mol. The van der Waals surface area contributed by atoms with Crippen LogP contribution in [0.4, 0.5) is 0 Å². The minimum atomic E-state index is 0.271. The van der Waals surface area contributed by atoms with Crippen LogP contribution < -0.4 is 0 Å². The molecule has 1 aliphatic heterocycles. The molecule has 0 fully saturated rings. The lowest BCUT2D eigenvalue weighted by Gasteiger charge is -2.09. The van der Waals surface area contributed by atoms with Crippen molar-refractivity contribution in [3.05, 3.63) is 40.7 Å². The number of pyridine rings is 1. The number of aryl methyl sites for hydroxylation is 1. The molecule has 0 spiro atoms. The molecule has 1 unspecified atom stereocenters. The maximum atomic E-state index is 6.05. The number of aromatic nitrogens is 1. The van der Waals surface area contributed by atoms with Gasteiger partial charge in [0.1, 0.15) is 4.62 Å². The second-order valence-electron chi connectivity index (χ2n) is 3.83. The first-order valence-electron chi connectivity index (χ1n) is 5.17. The maximum absolute atomic E-state index is 6.05. The van der Waals surface area contributed by atoms with Gasteiger partial charge in [-0.15, -0.1) is 0 Å². The number of nitrogens with zero attached hydrogens (tertiary/aromatic N) is 2. The van der Waals surface area contributed by atoms with Crippen LogP contribution in [0.3, 0.4) is 0 Å². The molecule has 1 aromatic rings. The summed E-state index contributed by atoms with van der Waals surface area (Å²) >= 11 is 9.44. The van der Waals surface area contributed by atoms with Gasteiger partial charge < -0.3 is 0 Å². The number of allylic oxidation sites excluding steroid dienone is 1. The van der Waals surface area contributed by atoms with E-state index in [0.717, 1.165) is 28.2 Å². The first kappa shape index (κ1) is 11.8. The molecule has 1 aliphatic rings. The highest BCUT2D eigenvalue weighted by Gasteiger charge is 2.16. The Morgan fingerprint density at radius 3 is 2.94 bits per heavy atom. The van der Waals surface area contributed by atoms with Crippen molar-refractivity contribution in [3.8, 4) is 0 Å². The van der Waals surface area contributed by atoms with Gasteiger partial charge in [0.25, 0.3) is 0 Å². The van der Waals surface area contributed by atoms with Crippen LogP contribution in [0, 0.1) is 0 Å². The van der Waals surface area contributed by atoms with E-state index in [2.05, 4.69) is 38.9 Å². The fraction of sp³-hybridized carbons (Fsp3) is 0.333. The van der Waals surface area contributed by atoms with E-state index < -0.39 is 0 Å². The van der Waals surface area contributed by atoms with Gasteiger partial charge in [-0.2, -0.15) is 0 Å².